The molecule has 1 fully saturated rings. The molecule has 1 amide bonds. The first-order valence-electron chi connectivity index (χ1n) is 7.45. The number of thioether (sulfide) groups is 1. The molecule has 1 atom stereocenters. The number of benzene rings is 1. The van der Waals surface area contributed by atoms with Crippen molar-refractivity contribution in [3.05, 3.63) is 41.3 Å². The van der Waals surface area contributed by atoms with Crippen molar-refractivity contribution < 1.29 is 9.21 Å². The molecule has 22 heavy (non-hydrogen) atoms. The van der Waals surface area contributed by atoms with Crippen LogP contribution in [0.4, 0.5) is 0 Å². The largest absolute Gasteiger partial charge is 0.416 e. The summed E-state index contributed by atoms with van der Waals surface area (Å²) in [6.45, 7) is 4.42. The fraction of sp³-hybridized carbons (Fsp3) is 0.438. The minimum absolute atomic E-state index is 0.0308. The van der Waals surface area contributed by atoms with Crippen LogP contribution >= 0.6 is 11.8 Å². The van der Waals surface area contributed by atoms with E-state index >= 15 is 0 Å². The molecule has 2 aromatic rings. The summed E-state index contributed by atoms with van der Waals surface area (Å²) in [5.41, 5.74) is 2.30. The number of hydrogen-bond donors (Lipinski definition) is 1. The van der Waals surface area contributed by atoms with Crippen molar-refractivity contribution in [1.29, 1.82) is 0 Å². The molecule has 5 nitrogen and oxygen atoms in total. The summed E-state index contributed by atoms with van der Waals surface area (Å²) >= 11 is 1.30. The van der Waals surface area contributed by atoms with Crippen LogP contribution in [0.15, 0.2) is 33.9 Å². The number of amides is 1. The van der Waals surface area contributed by atoms with Crippen LogP contribution in [-0.2, 0) is 11.3 Å². The normalized spacial score (nSPS) is 15.5. The Hall–Kier alpha value is -1.82. The maximum atomic E-state index is 12.1. The van der Waals surface area contributed by atoms with Gasteiger partial charge in [-0.25, -0.2) is 0 Å². The van der Waals surface area contributed by atoms with Gasteiger partial charge >= 0.3 is 0 Å². The lowest BCUT2D eigenvalue weighted by molar-refractivity contribution is -0.120. The van der Waals surface area contributed by atoms with E-state index in [2.05, 4.69) is 15.5 Å². The van der Waals surface area contributed by atoms with Gasteiger partial charge in [-0.1, -0.05) is 41.6 Å². The summed E-state index contributed by atoms with van der Waals surface area (Å²) in [6, 6.07) is 8.12. The Morgan fingerprint density at radius 1 is 1.36 bits per heavy atom. The molecule has 0 spiro atoms. The quantitative estimate of drug-likeness (QED) is 0.829. The Morgan fingerprint density at radius 2 is 2.09 bits per heavy atom. The monoisotopic (exact) mass is 317 g/mol. The Morgan fingerprint density at radius 3 is 2.77 bits per heavy atom. The highest BCUT2D eigenvalue weighted by Crippen LogP contribution is 2.40. The first-order chi connectivity index (χ1) is 10.6. The smallest absolute Gasteiger partial charge is 0.277 e. The Bertz CT molecular complexity index is 650. The molecule has 0 unspecified atom stereocenters. The van der Waals surface area contributed by atoms with Crippen LogP contribution in [-0.4, -0.2) is 21.4 Å². The van der Waals surface area contributed by atoms with Gasteiger partial charge in [0.1, 0.15) is 0 Å². The Kier molecular flexibility index (Phi) is 4.47. The molecule has 0 aliphatic heterocycles. The van der Waals surface area contributed by atoms with E-state index in [1.807, 2.05) is 38.1 Å². The van der Waals surface area contributed by atoms with Crippen molar-refractivity contribution in [3.63, 3.8) is 0 Å². The summed E-state index contributed by atoms with van der Waals surface area (Å²) < 4.78 is 5.57. The lowest BCUT2D eigenvalue weighted by Crippen LogP contribution is -2.30. The molecule has 1 aliphatic rings. The number of carbonyl (C=O) groups is 1. The van der Waals surface area contributed by atoms with Crippen LogP contribution in [0.1, 0.15) is 42.7 Å². The summed E-state index contributed by atoms with van der Waals surface area (Å²) in [7, 11) is 0. The highest BCUT2D eigenvalue weighted by molar-refractivity contribution is 8.00. The number of aryl methyl sites for hydroxylation is 1. The second-order valence-corrected chi connectivity index (χ2v) is 6.94. The standard InChI is InChI=1S/C16H19N3O2S/c1-10-3-5-12(6-4-10)9-17-14(20)11(2)22-16-19-18-15(21-16)13-7-8-13/h3-6,11,13H,7-9H2,1-2H3,(H,17,20)/t11-/m0/s1. The molecule has 1 aromatic heterocycles. The molecular weight excluding hydrogens is 298 g/mol. The molecule has 6 heteroatoms. The molecule has 1 saturated carbocycles. The van der Waals surface area contributed by atoms with E-state index in [1.54, 1.807) is 0 Å². The predicted molar refractivity (Wildman–Crippen MR) is 84.6 cm³/mol. The number of carbonyl (C=O) groups excluding carboxylic acids is 1. The van der Waals surface area contributed by atoms with Crippen molar-refractivity contribution >= 4 is 17.7 Å². The van der Waals surface area contributed by atoms with Gasteiger partial charge in [0.2, 0.25) is 11.8 Å². The summed E-state index contributed by atoms with van der Waals surface area (Å²) in [5.74, 6) is 1.11. The van der Waals surface area contributed by atoms with Crippen molar-refractivity contribution in [1.82, 2.24) is 15.5 Å². The fourth-order valence-electron chi connectivity index (χ4n) is 2.01. The van der Waals surface area contributed by atoms with Gasteiger partial charge in [0, 0.05) is 12.5 Å². The molecule has 3 rings (SSSR count). The first kappa shape index (κ1) is 15.1. The van der Waals surface area contributed by atoms with Gasteiger partial charge in [-0.15, -0.1) is 10.2 Å². The maximum absolute atomic E-state index is 12.1. The number of rotatable bonds is 6. The molecule has 0 radical (unpaired) electrons. The molecule has 1 aromatic carbocycles. The second-order valence-electron chi connectivity index (χ2n) is 5.64. The summed E-state index contributed by atoms with van der Waals surface area (Å²) in [4.78, 5) is 12.1. The van der Waals surface area contributed by atoms with E-state index in [-0.39, 0.29) is 11.2 Å². The average Bonchev–Trinajstić information content (AvgIpc) is 3.26. The summed E-state index contributed by atoms with van der Waals surface area (Å²) in [6.07, 6.45) is 2.25. The lowest BCUT2D eigenvalue weighted by Gasteiger charge is -2.10. The number of nitrogens with zero attached hydrogens (tertiary/aromatic N) is 2. The number of nitrogens with one attached hydrogen (secondary N) is 1. The van der Waals surface area contributed by atoms with E-state index in [4.69, 9.17) is 4.42 Å². The SMILES string of the molecule is Cc1ccc(CNC(=O)[C@H](C)Sc2nnc(C3CC3)o2)cc1. The third kappa shape index (κ3) is 3.88. The minimum atomic E-state index is -0.266. The predicted octanol–water partition coefficient (Wildman–Crippen LogP) is 3.05. The third-order valence-electron chi connectivity index (χ3n) is 3.58. The van der Waals surface area contributed by atoms with Crippen molar-refractivity contribution in [3.8, 4) is 0 Å². The molecule has 1 N–H and O–H groups in total. The minimum Gasteiger partial charge on any atom is -0.416 e. The van der Waals surface area contributed by atoms with Crippen molar-refractivity contribution in [2.75, 3.05) is 0 Å². The van der Waals surface area contributed by atoms with Gasteiger partial charge in [-0.2, -0.15) is 0 Å². The average molecular weight is 317 g/mol. The van der Waals surface area contributed by atoms with E-state index in [0.29, 0.717) is 23.6 Å². The van der Waals surface area contributed by atoms with Crippen LogP contribution in [0.2, 0.25) is 0 Å². The fourth-order valence-corrected chi connectivity index (χ4v) is 2.72. The van der Waals surface area contributed by atoms with Gasteiger partial charge in [0.05, 0.1) is 5.25 Å². The highest BCUT2D eigenvalue weighted by atomic mass is 32.2. The van der Waals surface area contributed by atoms with Crippen LogP contribution in [0, 0.1) is 6.92 Å². The van der Waals surface area contributed by atoms with E-state index < -0.39 is 0 Å². The van der Waals surface area contributed by atoms with Crippen LogP contribution in [0.25, 0.3) is 0 Å². The van der Waals surface area contributed by atoms with Crippen molar-refractivity contribution in [2.24, 2.45) is 0 Å². The maximum Gasteiger partial charge on any atom is 0.277 e. The van der Waals surface area contributed by atoms with Gasteiger partial charge < -0.3 is 9.73 Å². The van der Waals surface area contributed by atoms with Crippen LogP contribution in [0.5, 0.6) is 0 Å². The van der Waals surface area contributed by atoms with E-state index in [0.717, 1.165) is 18.4 Å². The second kappa shape index (κ2) is 6.52. The van der Waals surface area contributed by atoms with Crippen LogP contribution in [0.3, 0.4) is 0 Å². The molecule has 1 aliphatic carbocycles. The molecule has 0 bridgehead atoms. The van der Waals surface area contributed by atoms with Gasteiger partial charge in [0.15, 0.2) is 0 Å². The van der Waals surface area contributed by atoms with Crippen molar-refractivity contribution in [2.45, 2.75) is 49.6 Å². The Labute approximate surface area is 133 Å². The summed E-state index contributed by atoms with van der Waals surface area (Å²) in [5, 5.41) is 11.2. The lowest BCUT2D eigenvalue weighted by atomic mass is 10.1. The zero-order valence-electron chi connectivity index (χ0n) is 12.7. The highest BCUT2D eigenvalue weighted by Gasteiger charge is 2.30. The zero-order valence-corrected chi connectivity index (χ0v) is 13.5. The third-order valence-corrected chi connectivity index (χ3v) is 4.52. The number of aromatic nitrogens is 2. The van der Waals surface area contributed by atoms with E-state index in [1.165, 1.54) is 17.3 Å². The molecule has 116 valence electrons. The van der Waals surface area contributed by atoms with Gasteiger partial charge in [0.25, 0.3) is 5.22 Å². The molecular formula is C16H19N3O2S. The Balaban J connectivity index is 1.49. The van der Waals surface area contributed by atoms with Crippen LogP contribution < -0.4 is 5.32 Å². The van der Waals surface area contributed by atoms with Gasteiger partial charge in [-0.3, -0.25) is 4.79 Å². The molecule has 0 saturated heterocycles. The molecule has 1 heterocycles. The first-order valence-corrected chi connectivity index (χ1v) is 8.33. The number of hydrogen-bond acceptors (Lipinski definition) is 5. The zero-order chi connectivity index (χ0) is 15.5. The van der Waals surface area contributed by atoms with E-state index in [9.17, 15) is 4.79 Å². The topological polar surface area (TPSA) is 68.0 Å². The van der Waals surface area contributed by atoms with Gasteiger partial charge in [-0.05, 0) is 32.3 Å².